The number of anilines is 2. The number of hydrogen-bond acceptors (Lipinski definition) is 2. The van der Waals surface area contributed by atoms with Crippen molar-refractivity contribution in [2.24, 2.45) is 0 Å². The minimum atomic E-state index is 0. The van der Waals surface area contributed by atoms with E-state index in [4.69, 9.17) is 5.73 Å². The van der Waals surface area contributed by atoms with Gasteiger partial charge in [-0.3, -0.25) is 0 Å². The van der Waals surface area contributed by atoms with Crippen LogP contribution < -0.4 is 11.1 Å². The van der Waals surface area contributed by atoms with Crippen LogP contribution in [0, 0.1) is 0 Å². The van der Waals surface area contributed by atoms with Gasteiger partial charge in [0.15, 0.2) is 0 Å². The second-order valence-corrected chi connectivity index (χ2v) is 3.52. The van der Waals surface area contributed by atoms with E-state index in [0.717, 1.165) is 28.8 Å². The molecule has 3 N–H and O–H groups in total. The fraction of sp³-hybridized carbons (Fsp3) is 0.250. The lowest BCUT2D eigenvalue weighted by Crippen LogP contribution is -1.95. The van der Waals surface area contributed by atoms with Gasteiger partial charge in [0.2, 0.25) is 0 Å². The summed E-state index contributed by atoms with van der Waals surface area (Å²) < 4.78 is 1.16. The van der Waals surface area contributed by atoms with E-state index in [-0.39, 0.29) is 12.4 Å². The second-order valence-electron chi connectivity index (χ2n) is 2.67. The summed E-state index contributed by atoms with van der Waals surface area (Å²) in [6.45, 7) is 1.00. The van der Waals surface area contributed by atoms with Crippen molar-refractivity contribution >= 4 is 39.7 Å². The summed E-state index contributed by atoms with van der Waals surface area (Å²) in [5, 5.41) is 3.25. The number of fused-ring (bicyclic) bond motifs is 1. The van der Waals surface area contributed by atoms with Crippen LogP contribution in [0.1, 0.15) is 5.56 Å². The van der Waals surface area contributed by atoms with Gasteiger partial charge in [-0.05, 0) is 24.1 Å². The maximum absolute atomic E-state index is 5.76. The molecule has 0 aromatic heterocycles. The highest BCUT2D eigenvalue weighted by molar-refractivity contribution is 9.10. The summed E-state index contributed by atoms with van der Waals surface area (Å²) >= 11 is 3.49. The molecule has 0 saturated carbocycles. The van der Waals surface area contributed by atoms with Gasteiger partial charge < -0.3 is 11.1 Å². The zero-order valence-electron chi connectivity index (χ0n) is 6.43. The SMILES string of the molecule is Cl.Nc1ccc(Br)c2c1NCC2. The zero-order chi connectivity index (χ0) is 7.84. The molecular weight excluding hydrogens is 239 g/mol. The fourth-order valence-electron chi connectivity index (χ4n) is 1.41. The number of halogens is 2. The third-order valence-corrected chi connectivity index (χ3v) is 2.71. The Morgan fingerprint density at radius 1 is 1.42 bits per heavy atom. The van der Waals surface area contributed by atoms with Crippen LogP contribution >= 0.6 is 28.3 Å². The molecule has 0 bridgehead atoms. The number of nitrogens with two attached hydrogens (primary N) is 1. The van der Waals surface area contributed by atoms with Gasteiger partial charge >= 0.3 is 0 Å². The number of benzene rings is 1. The lowest BCUT2D eigenvalue weighted by Gasteiger charge is -2.04. The van der Waals surface area contributed by atoms with Crippen LogP contribution in [0.15, 0.2) is 16.6 Å². The van der Waals surface area contributed by atoms with E-state index in [2.05, 4.69) is 21.2 Å². The predicted molar refractivity (Wildman–Crippen MR) is 58.0 cm³/mol. The van der Waals surface area contributed by atoms with Crippen LogP contribution in [0.3, 0.4) is 0 Å². The molecule has 0 fully saturated rings. The van der Waals surface area contributed by atoms with Crippen molar-refractivity contribution in [3.63, 3.8) is 0 Å². The van der Waals surface area contributed by atoms with Crippen molar-refractivity contribution in [1.82, 2.24) is 0 Å². The molecule has 0 aliphatic carbocycles. The quantitative estimate of drug-likeness (QED) is 0.693. The Bertz CT molecular complexity index is 272. The average molecular weight is 250 g/mol. The fourth-order valence-corrected chi connectivity index (χ4v) is 1.93. The molecule has 1 aliphatic heterocycles. The van der Waals surface area contributed by atoms with Gasteiger partial charge in [-0.25, -0.2) is 0 Å². The topological polar surface area (TPSA) is 38.0 Å². The van der Waals surface area contributed by atoms with Crippen molar-refractivity contribution in [2.45, 2.75) is 6.42 Å². The van der Waals surface area contributed by atoms with Crippen LogP contribution in [-0.4, -0.2) is 6.54 Å². The Hall–Kier alpha value is -0.410. The Kier molecular flexibility index (Phi) is 2.85. The number of nitrogen functional groups attached to an aromatic ring is 1. The molecule has 0 atom stereocenters. The molecule has 0 spiro atoms. The van der Waals surface area contributed by atoms with Gasteiger partial charge in [0.1, 0.15) is 0 Å². The number of hydrogen-bond donors (Lipinski definition) is 2. The van der Waals surface area contributed by atoms with Crippen molar-refractivity contribution in [3.8, 4) is 0 Å². The minimum absolute atomic E-state index is 0. The Morgan fingerprint density at radius 3 is 2.83 bits per heavy atom. The van der Waals surface area contributed by atoms with E-state index < -0.39 is 0 Å². The first kappa shape index (κ1) is 9.68. The summed E-state index contributed by atoms with van der Waals surface area (Å²) in [5.41, 5.74) is 9.03. The van der Waals surface area contributed by atoms with Gasteiger partial charge in [-0.2, -0.15) is 0 Å². The molecule has 1 heterocycles. The van der Waals surface area contributed by atoms with Crippen LogP contribution in [0.4, 0.5) is 11.4 Å². The standard InChI is InChI=1S/C8H9BrN2.ClH/c9-6-1-2-7(10)8-5(6)3-4-11-8;/h1-2,11H,3-4,10H2;1H. The second kappa shape index (κ2) is 3.54. The summed E-state index contributed by atoms with van der Waals surface area (Å²) in [6.07, 6.45) is 1.07. The molecule has 0 amide bonds. The summed E-state index contributed by atoms with van der Waals surface area (Å²) in [4.78, 5) is 0. The van der Waals surface area contributed by atoms with Gasteiger partial charge in [-0.1, -0.05) is 15.9 Å². The molecule has 0 unspecified atom stereocenters. The lowest BCUT2D eigenvalue weighted by molar-refractivity contribution is 1.10. The molecule has 1 aliphatic rings. The van der Waals surface area contributed by atoms with E-state index in [0.29, 0.717) is 0 Å². The van der Waals surface area contributed by atoms with Crippen molar-refractivity contribution in [3.05, 3.63) is 22.2 Å². The van der Waals surface area contributed by atoms with Crippen LogP contribution in [-0.2, 0) is 6.42 Å². The normalized spacial score (nSPS) is 13.1. The maximum atomic E-state index is 5.76. The highest BCUT2D eigenvalue weighted by atomic mass is 79.9. The smallest absolute Gasteiger partial charge is 0.0618 e. The highest BCUT2D eigenvalue weighted by Crippen LogP contribution is 2.34. The van der Waals surface area contributed by atoms with Gasteiger partial charge in [0, 0.05) is 11.0 Å². The number of nitrogens with one attached hydrogen (secondary N) is 1. The Labute approximate surface area is 86.1 Å². The van der Waals surface area contributed by atoms with Crippen molar-refractivity contribution in [1.29, 1.82) is 0 Å². The third kappa shape index (κ3) is 1.39. The first-order chi connectivity index (χ1) is 5.29. The molecule has 0 radical (unpaired) electrons. The van der Waals surface area contributed by atoms with Gasteiger partial charge in [-0.15, -0.1) is 12.4 Å². The molecule has 1 aromatic carbocycles. The monoisotopic (exact) mass is 248 g/mol. The molecule has 0 saturated heterocycles. The Morgan fingerprint density at radius 2 is 2.17 bits per heavy atom. The lowest BCUT2D eigenvalue weighted by atomic mass is 10.1. The first-order valence-electron chi connectivity index (χ1n) is 3.60. The largest absolute Gasteiger partial charge is 0.397 e. The van der Waals surface area contributed by atoms with Crippen LogP contribution in [0.2, 0.25) is 0 Å². The van der Waals surface area contributed by atoms with Gasteiger partial charge in [0.05, 0.1) is 11.4 Å². The summed E-state index contributed by atoms with van der Waals surface area (Å²) in [7, 11) is 0. The molecular formula is C8H10BrClN2. The summed E-state index contributed by atoms with van der Waals surface area (Å²) in [5.74, 6) is 0. The summed E-state index contributed by atoms with van der Waals surface area (Å²) in [6, 6.07) is 3.92. The van der Waals surface area contributed by atoms with E-state index >= 15 is 0 Å². The molecule has 66 valence electrons. The van der Waals surface area contributed by atoms with E-state index in [1.165, 1.54) is 5.56 Å². The van der Waals surface area contributed by atoms with E-state index in [1.54, 1.807) is 0 Å². The van der Waals surface area contributed by atoms with E-state index in [9.17, 15) is 0 Å². The first-order valence-corrected chi connectivity index (χ1v) is 4.39. The number of rotatable bonds is 0. The van der Waals surface area contributed by atoms with Gasteiger partial charge in [0.25, 0.3) is 0 Å². The highest BCUT2D eigenvalue weighted by Gasteiger charge is 2.14. The molecule has 4 heteroatoms. The Balaban J connectivity index is 0.000000720. The van der Waals surface area contributed by atoms with Crippen molar-refractivity contribution in [2.75, 3.05) is 17.6 Å². The van der Waals surface area contributed by atoms with Crippen LogP contribution in [0.5, 0.6) is 0 Å². The van der Waals surface area contributed by atoms with E-state index in [1.807, 2.05) is 12.1 Å². The van der Waals surface area contributed by atoms with Crippen LogP contribution in [0.25, 0.3) is 0 Å². The molecule has 2 rings (SSSR count). The average Bonchev–Trinajstić information content (AvgIpc) is 2.45. The molecule has 12 heavy (non-hydrogen) atoms. The molecule has 1 aromatic rings. The van der Waals surface area contributed by atoms with Crippen molar-refractivity contribution < 1.29 is 0 Å². The minimum Gasteiger partial charge on any atom is -0.397 e. The third-order valence-electron chi connectivity index (χ3n) is 1.96. The molecule has 2 nitrogen and oxygen atoms in total. The predicted octanol–water partition coefficient (Wildman–Crippen LogP) is 2.42. The zero-order valence-corrected chi connectivity index (χ0v) is 8.83. The maximum Gasteiger partial charge on any atom is 0.0618 e.